The first kappa shape index (κ1) is 15.0. The molecular formula is C10H18N4O5. The minimum atomic E-state index is -1.14. The Labute approximate surface area is 109 Å². The van der Waals surface area contributed by atoms with Gasteiger partial charge in [-0.15, -0.1) is 0 Å². The monoisotopic (exact) mass is 274 g/mol. The largest absolute Gasteiger partial charge is 0.481 e. The van der Waals surface area contributed by atoms with Gasteiger partial charge < -0.3 is 31.5 Å². The van der Waals surface area contributed by atoms with E-state index < -0.39 is 29.5 Å². The number of carbonyl (C=O) groups is 3. The molecule has 0 bridgehead atoms. The summed E-state index contributed by atoms with van der Waals surface area (Å²) < 4.78 is 5.10. The van der Waals surface area contributed by atoms with Gasteiger partial charge in [0.2, 0.25) is 0 Å². The zero-order valence-corrected chi connectivity index (χ0v) is 10.6. The lowest BCUT2D eigenvalue weighted by Gasteiger charge is -2.25. The highest BCUT2D eigenvalue weighted by atomic mass is 16.5. The van der Waals surface area contributed by atoms with Crippen LogP contribution in [-0.2, 0) is 9.53 Å². The highest BCUT2D eigenvalue weighted by molar-refractivity contribution is 5.79. The molecule has 1 heterocycles. The van der Waals surface area contributed by atoms with Crippen molar-refractivity contribution in [1.82, 2.24) is 16.0 Å². The molecule has 4 amide bonds. The van der Waals surface area contributed by atoms with Crippen LogP contribution >= 0.6 is 0 Å². The third kappa shape index (κ3) is 3.98. The van der Waals surface area contributed by atoms with Gasteiger partial charge in [0.15, 0.2) is 0 Å². The fourth-order valence-electron chi connectivity index (χ4n) is 1.66. The first-order valence-corrected chi connectivity index (χ1v) is 5.75. The quantitative estimate of drug-likeness (QED) is 0.385. The molecule has 0 saturated carbocycles. The molecule has 1 fully saturated rings. The van der Waals surface area contributed by atoms with Crippen molar-refractivity contribution < 1.29 is 24.2 Å². The molecule has 6 N–H and O–H groups in total. The second-order valence-electron chi connectivity index (χ2n) is 4.48. The van der Waals surface area contributed by atoms with Crippen molar-refractivity contribution >= 4 is 18.0 Å². The van der Waals surface area contributed by atoms with E-state index in [0.717, 1.165) is 0 Å². The van der Waals surface area contributed by atoms with Crippen molar-refractivity contribution in [3.05, 3.63) is 0 Å². The summed E-state index contributed by atoms with van der Waals surface area (Å²) in [6.07, 6.45) is 0. The van der Waals surface area contributed by atoms with E-state index in [-0.39, 0.29) is 26.3 Å². The Morgan fingerprint density at radius 2 is 2.00 bits per heavy atom. The molecule has 1 aliphatic rings. The minimum Gasteiger partial charge on any atom is -0.481 e. The fourth-order valence-corrected chi connectivity index (χ4v) is 1.66. The second-order valence-corrected chi connectivity index (χ2v) is 4.48. The maximum absolute atomic E-state index is 11.5. The maximum Gasteiger partial charge on any atom is 0.315 e. The lowest BCUT2D eigenvalue weighted by atomic mass is 9.85. The summed E-state index contributed by atoms with van der Waals surface area (Å²) in [5.74, 6) is -1.02. The highest BCUT2D eigenvalue weighted by Crippen LogP contribution is 2.28. The number of urea groups is 2. The number of nitrogens with one attached hydrogen (secondary N) is 3. The molecule has 0 aromatic carbocycles. The summed E-state index contributed by atoms with van der Waals surface area (Å²) >= 11 is 0. The van der Waals surface area contributed by atoms with E-state index in [9.17, 15) is 14.4 Å². The van der Waals surface area contributed by atoms with E-state index in [4.69, 9.17) is 15.6 Å². The van der Waals surface area contributed by atoms with Crippen LogP contribution in [0.2, 0.25) is 0 Å². The molecule has 0 radical (unpaired) electrons. The summed E-state index contributed by atoms with van der Waals surface area (Å²) in [6.45, 7) is 2.10. The van der Waals surface area contributed by atoms with Gasteiger partial charge in [-0.25, -0.2) is 9.59 Å². The molecule has 1 rings (SSSR count). The number of ether oxygens (including phenoxy) is 1. The average molecular weight is 274 g/mol. The third-order valence-corrected chi connectivity index (χ3v) is 2.96. The summed E-state index contributed by atoms with van der Waals surface area (Å²) in [6, 6.07) is -1.80. The molecule has 1 aliphatic heterocycles. The maximum atomic E-state index is 11.5. The molecule has 9 heteroatoms. The second kappa shape index (κ2) is 6.23. The van der Waals surface area contributed by atoms with Crippen molar-refractivity contribution in [2.75, 3.05) is 26.3 Å². The summed E-state index contributed by atoms with van der Waals surface area (Å²) in [7, 11) is 0. The van der Waals surface area contributed by atoms with Gasteiger partial charge in [0, 0.05) is 13.1 Å². The molecule has 108 valence electrons. The first-order valence-electron chi connectivity index (χ1n) is 5.75. The Bertz CT molecular complexity index is 375. The zero-order chi connectivity index (χ0) is 14.5. The number of carboxylic acid groups (broad SMARTS) is 1. The number of carbonyl (C=O) groups excluding carboxylic acids is 2. The number of carboxylic acids is 1. The number of amides is 4. The van der Waals surface area contributed by atoms with Gasteiger partial charge in [0.25, 0.3) is 0 Å². The number of rotatable bonds is 5. The van der Waals surface area contributed by atoms with Crippen LogP contribution in [-0.4, -0.2) is 55.5 Å². The Balaban J connectivity index is 2.36. The molecule has 0 spiro atoms. The van der Waals surface area contributed by atoms with Crippen LogP contribution in [0.15, 0.2) is 0 Å². The lowest BCUT2D eigenvalue weighted by Crippen LogP contribution is -2.53. The zero-order valence-electron chi connectivity index (χ0n) is 10.6. The SMILES string of the molecule is CC1(C(=O)O)COCC1NC(=O)NCCNC(N)=O. The fraction of sp³-hybridized carbons (Fsp3) is 0.700. The van der Waals surface area contributed by atoms with Gasteiger partial charge in [-0.2, -0.15) is 0 Å². The van der Waals surface area contributed by atoms with Gasteiger partial charge in [0.05, 0.1) is 19.3 Å². The van der Waals surface area contributed by atoms with E-state index in [1.54, 1.807) is 0 Å². The number of hydrogen-bond acceptors (Lipinski definition) is 4. The predicted molar refractivity (Wildman–Crippen MR) is 64.5 cm³/mol. The van der Waals surface area contributed by atoms with Crippen molar-refractivity contribution in [2.24, 2.45) is 11.1 Å². The molecule has 1 saturated heterocycles. The Hall–Kier alpha value is -2.03. The predicted octanol–water partition coefficient (Wildman–Crippen LogP) is -1.56. The summed E-state index contributed by atoms with van der Waals surface area (Å²) in [4.78, 5) is 33.1. The Kier molecular flexibility index (Phi) is 4.93. The number of primary amides is 1. The summed E-state index contributed by atoms with van der Waals surface area (Å²) in [5.41, 5.74) is 3.71. The van der Waals surface area contributed by atoms with E-state index in [0.29, 0.717) is 0 Å². The smallest absolute Gasteiger partial charge is 0.315 e. The molecule has 2 atom stereocenters. The molecular weight excluding hydrogens is 256 g/mol. The molecule has 0 aromatic rings. The van der Waals surface area contributed by atoms with Crippen LogP contribution in [0.3, 0.4) is 0 Å². The van der Waals surface area contributed by atoms with E-state index >= 15 is 0 Å². The van der Waals surface area contributed by atoms with Gasteiger partial charge in [-0.1, -0.05) is 0 Å². The standard InChI is InChI=1S/C10H18N4O5/c1-10(7(15)16)5-19-4-6(10)14-9(18)13-3-2-12-8(11)17/h6H,2-5H2,1H3,(H,15,16)(H3,11,12,17)(H2,13,14,18). The van der Waals surface area contributed by atoms with Crippen LogP contribution in [0.5, 0.6) is 0 Å². The van der Waals surface area contributed by atoms with Gasteiger partial charge >= 0.3 is 18.0 Å². The Morgan fingerprint density at radius 3 is 2.58 bits per heavy atom. The van der Waals surface area contributed by atoms with Gasteiger partial charge in [-0.05, 0) is 6.92 Å². The van der Waals surface area contributed by atoms with Crippen LogP contribution in [0.4, 0.5) is 9.59 Å². The normalized spacial score (nSPS) is 25.6. The number of hydrogen-bond donors (Lipinski definition) is 5. The third-order valence-electron chi connectivity index (χ3n) is 2.96. The van der Waals surface area contributed by atoms with Crippen molar-refractivity contribution in [3.8, 4) is 0 Å². The van der Waals surface area contributed by atoms with E-state index in [2.05, 4.69) is 16.0 Å². The van der Waals surface area contributed by atoms with Crippen molar-refractivity contribution in [3.63, 3.8) is 0 Å². The van der Waals surface area contributed by atoms with Gasteiger partial charge in [0.1, 0.15) is 5.41 Å². The van der Waals surface area contributed by atoms with E-state index in [1.165, 1.54) is 6.92 Å². The minimum absolute atomic E-state index is 0.0521. The number of aliphatic carboxylic acids is 1. The topological polar surface area (TPSA) is 143 Å². The van der Waals surface area contributed by atoms with Crippen molar-refractivity contribution in [2.45, 2.75) is 13.0 Å². The average Bonchev–Trinajstić information content (AvgIpc) is 2.68. The van der Waals surface area contributed by atoms with E-state index in [1.807, 2.05) is 0 Å². The highest BCUT2D eigenvalue weighted by Gasteiger charge is 2.47. The van der Waals surface area contributed by atoms with Crippen LogP contribution < -0.4 is 21.7 Å². The lowest BCUT2D eigenvalue weighted by molar-refractivity contribution is -0.148. The molecule has 2 unspecified atom stereocenters. The first-order chi connectivity index (χ1) is 8.86. The number of nitrogens with two attached hydrogens (primary N) is 1. The van der Waals surface area contributed by atoms with Crippen LogP contribution in [0.25, 0.3) is 0 Å². The van der Waals surface area contributed by atoms with Crippen molar-refractivity contribution in [1.29, 1.82) is 0 Å². The molecule has 9 nitrogen and oxygen atoms in total. The molecule has 0 aliphatic carbocycles. The Morgan fingerprint density at radius 1 is 1.37 bits per heavy atom. The molecule has 19 heavy (non-hydrogen) atoms. The van der Waals surface area contributed by atoms with Crippen LogP contribution in [0, 0.1) is 5.41 Å². The molecule has 0 aromatic heterocycles. The van der Waals surface area contributed by atoms with Gasteiger partial charge in [-0.3, -0.25) is 4.79 Å². The summed E-state index contributed by atoms with van der Waals surface area (Å²) in [5, 5.41) is 16.4. The van der Waals surface area contributed by atoms with Crippen LogP contribution in [0.1, 0.15) is 6.92 Å².